The highest BCUT2D eigenvalue weighted by Crippen LogP contribution is 2.23. The van der Waals surface area contributed by atoms with Gasteiger partial charge in [0.2, 0.25) is 0 Å². The summed E-state index contributed by atoms with van der Waals surface area (Å²) in [4.78, 5) is 4.42. The predicted octanol–water partition coefficient (Wildman–Crippen LogP) is 3.29. The van der Waals surface area contributed by atoms with Crippen molar-refractivity contribution in [1.29, 1.82) is 0 Å². The topological polar surface area (TPSA) is 50.9 Å². The smallest absolute Gasteiger partial charge is 0.137 e. The Bertz CT molecular complexity index is 572. The Labute approximate surface area is 126 Å². The molecule has 2 rings (SSSR count). The predicted molar refractivity (Wildman–Crippen MR) is 81.5 cm³/mol. The first-order chi connectivity index (χ1) is 9.63. The maximum Gasteiger partial charge on any atom is 0.137 e. The average Bonchev–Trinajstić information content (AvgIpc) is 2.48. The second-order valence-corrected chi connectivity index (χ2v) is 5.46. The lowest BCUT2D eigenvalue weighted by atomic mass is 10.0. The Balaban J connectivity index is 2.16. The quantitative estimate of drug-likeness (QED) is 0.650. The van der Waals surface area contributed by atoms with E-state index < -0.39 is 0 Å². The number of hydrogen-bond donors (Lipinski definition) is 2. The lowest BCUT2D eigenvalue weighted by Gasteiger charge is -2.16. The molecule has 5 heteroatoms. The van der Waals surface area contributed by atoms with Gasteiger partial charge in [0.05, 0.1) is 10.5 Å². The molecule has 20 heavy (non-hydrogen) atoms. The van der Waals surface area contributed by atoms with Crippen LogP contribution in [0.25, 0.3) is 0 Å². The molecule has 0 spiro atoms. The van der Waals surface area contributed by atoms with E-state index in [1.54, 1.807) is 12.1 Å². The van der Waals surface area contributed by atoms with Crippen molar-refractivity contribution < 1.29 is 4.39 Å². The van der Waals surface area contributed by atoms with Crippen LogP contribution < -0.4 is 11.3 Å². The molecule has 0 amide bonds. The van der Waals surface area contributed by atoms with Crippen LogP contribution in [-0.4, -0.2) is 4.98 Å². The zero-order valence-corrected chi connectivity index (χ0v) is 12.8. The fourth-order valence-corrected chi connectivity index (χ4v) is 2.39. The molecule has 0 aliphatic carbocycles. The van der Waals surface area contributed by atoms with Gasteiger partial charge in [-0.3, -0.25) is 16.3 Å². The molecule has 0 saturated heterocycles. The second kappa shape index (κ2) is 6.92. The standard InChI is InChI=1S/C15H17BrFN3/c1-2-10-3-5-12(19-9-10)8-15(20-18)11-4-6-14(17)13(16)7-11/h3-7,9,15,20H,2,8,18H2,1H3. The van der Waals surface area contributed by atoms with Gasteiger partial charge in [0.15, 0.2) is 0 Å². The van der Waals surface area contributed by atoms with Gasteiger partial charge in [-0.15, -0.1) is 0 Å². The molecule has 0 aliphatic heterocycles. The summed E-state index contributed by atoms with van der Waals surface area (Å²) < 4.78 is 13.7. The molecule has 106 valence electrons. The van der Waals surface area contributed by atoms with E-state index in [2.05, 4.69) is 39.3 Å². The Hall–Kier alpha value is -1.30. The molecular formula is C15H17BrFN3. The number of pyridine rings is 1. The SMILES string of the molecule is CCc1ccc(CC(NN)c2ccc(F)c(Br)c2)nc1. The summed E-state index contributed by atoms with van der Waals surface area (Å²) in [5.74, 6) is 5.33. The van der Waals surface area contributed by atoms with Crippen molar-refractivity contribution >= 4 is 15.9 Å². The van der Waals surface area contributed by atoms with Crippen LogP contribution in [0.4, 0.5) is 4.39 Å². The van der Waals surface area contributed by atoms with Gasteiger partial charge >= 0.3 is 0 Å². The molecule has 3 nitrogen and oxygen atoms in total. The molecule has 1 atom stereocenters. The first-order valence-corrected chi connectivity index (χ1v) is 7.28. The molecule has 1 aromatic heterocycles. The van der Waals surface area contributed by atoms with Crippen molar-refractivity contribution in [2.24, 2.45) is 5.84 Å². The number of hydrazine groups is 1. The zero-order chi connectivity index (χ0) is 14.5. The molecule has 1 aromatic carbocycles. The van der Waals surface area contributed by atoms with Crippen LogP contribution in [0, 0.1) is 5.82 Å². The number of nitrogens with one attached hydrogen (secondary N) is 1. The monoisotopic (exact) mass is 337 g/mol. The number of aromatic nitrogens is 1. The summed E-state index contributed by atoms with van der Waals surface area (Å²) in [6.45, 7) is 2.09. The van der Waals surface area contributed by atoms with E-state index in [0.717, 1.165) is 17.7 Å². The van der Waals surface area contributed by atoms with Gasteiger partial charge in [0.1, 0.15) is 5.82 Å². The van der Waals surface area contributed by atoms with Crippen LogP contribution in [0.5, 0.6) is 0 Å². The Morgan fingerprint density at radius 3 is 2.70 bits per heavy atom. The van der Waals surface area contributed by atoms with Gasteiger partial charge in [-0.05, 0) is 51.7 Å². The summed E-state index contributed by atoms with van der Waals surface area (Å²) in [5, 5.41) is 0. The number of benzene rings is 1. The summed E-state index contributed by atoms with van der Waals surface area (Å²) in [5.41, 5.74) is 5.83. The fraction of sp³-hybridized carbons (Fsp3) is 0.267. The van der Waals surface area contributed by atoms with Crippen LogP contribution in [0.3, 0.4) is 0 Å². The minimum atomic E-state index is -0.282. The summed E-state index contributed by atoms with van der Waals surface area (Å²) in [6.07, 6.45) is 3.50. The van der Waals surface area contributed by atoms with Crippen LogP contribution in [0.1, 0.15) is 29.8 Å². The minimum Gasteiger partial charge on any atom is -0.271 e. The molecule has 0 saturated carbocycles. The van der Waals surface area contributed by atoms with Crippen LogP contribution in [0.2, 0.25) is 0 Å². The maximum absolute atomic E-state index is 13.3. The fourth-order valence-electron chi connectivity index (χ4n) is 2.00. The maximum atomic E-state index is 13.3. The van der Waals surface area contributed by atoms with Gasteiger partial charge in [-0.1, -0.05) is 19.1 Å². The van der Waals surface area contributed by atoms with Crippen molar-refractivity contribution in [2.75, 3.05) is 0 Å². The zero-order valence-electron chi connectivity index (χ0n) is 11.2. The largest absolute Gasteiger partial charge is 0.271 e. The van der Waals surface area contributed by atoms with Crippen LogP contribution in [-0.2, 0) is 12.8 Å². The van der Waals surface area contributed by atoms with E-state index in [1.165, 1.54) is 11.6 Å². The highest BCUT2D eigenvalue weighted by Gasteiger charge is 2.13. The Morgan fingerprint density at radius 2 is 2.15 bits per heavy atom. The molecule has 0 bridgehead atoms. The number of rotatable bonds is 5. The third kappa shape index (κ3) is 3.62. The Morgan fingerprint density at radius 1 is 1.35 bits per heavy atom. The van der Waals surface area contributed by atoms with Crippen molar-refractivity contribution in [3.8, 4) is 0 Å². The van der Waals surface area contributed by atoms with E-state index in [0.29, 0.717) is 10.9 Å². The number of aryl methyl sites for hydroxylation is 1. The first-order valence-electron chi connectivity index (χ1n) is 6.49. The number of nitrogens with two attached hydrogens (primary N) is 1. The molecule has 1 unspecified atom stereocenters. The van der Waals surface area contributed by atoms with E-state index in [4.69, 9.17) is 5.84 Å². The lowest BCUT2D eigenvalue weighted by Crippen LogP contribution is -2.29. The van der Waals surface area contributed by atoms with Gasteiger partial charge in [-0.25, -0.2) is 4.39 Å². The molecule has 1 heterocycles. The molecular weight excluding hydrogens is 321 g/mol. The normalized spacial score (nSPS) is 12.4. The van der Waals surface area contributed by atoms with Crippen molar-refractivity contribution in [2.45, 2.75) is 25.8 Å². The third-order valence-corrected chi connectivity index (χ3v) is 3.86. The van der Waals surface area contributed by atoms with E-state index in [9.17, 15) is 4.39 Å². The number of halogens is 2. The molecule has 3 N–H and O–H groups in total. The van der Waals surface area contributed by atoms with Crippen LogP contribution >= 0.6 is 15.9 Å². The van der Waals surface area contributed by atoms with E-state index in [1.807, 2.05) is 12.3 Å². The van der Waals surface area contributed by atoms with Crippen LogP contribution in [0.15, 0.2) is 41.0 Å². The van der Waals surface area contributed by atoms with Gasteiger partial charge in [0.25, 0.3) is 0 Å². The van der Waals surface area contributed by atoms with E-state index in [-0.39, 0.29) is 11.9 Å². The lowest BCUT2D eigenvalue weighted by molar-refractivity contribution is 0.542. The molecule has 0 fully saturated rings. The van der Waals surface area contributed by atoms with Crippen molar-refractivity contribution in [1.82, 2.24) is 10.4 Å². The summed E-state index contributed by atoms with van der Waals surface area (Å²) in [7, 11) is 0. The first kappa shape index (κ1) is 15.1. The molecule has 2 aromatic rings. The number of nitrogens with zero attached hydrogens (tertiary/aromatic N) is 1. The highest BCUT2D eigenvalue weighted by molar-refractivity contribution is 9.10. The summed E-state index contributed by atoms with van der Waals surface area (Å²) >= 11 is 3.19. The van der Waals surface area contributed by atoms with Gasteiger partial charge in [-0.2, -0.15) is 0 Å². The Kier molecular flexibility index (Phi) is 5.23. The minimum absolute atomic E-state index is 0.105. The van der Waals surface area contributed by atoms with Gasteiger partial charge in [0, 0.05) is 18.3 Å². The average molecular weight is 338 g/mol. The van der Waals surface area contributed by atoms with E-state index >= 15 is 0 Å². The van der Waals surface area contributed by atoms with Gasteiger partial charge < -0.3 is 0 Å². The summed E-state index contributed by atoms with van der Waals surface area (Å²) in [6, 6.07) is 8.85. The molecule has 0 aliphatic rings. The number of hydrogen-bond acceptors (Lipinski definition) is 3. The van der Waals surface area contributed by atoms with Crippen molar-refractivity contribution in [3.05, 3.63) is 63.6 Å². The third-order valence-electron chi connectivity index (χ3n) is 3.25. The molecule has 0 radical (unpaired) electrons. The highest BCUT2D eigenvalue weighted by atomic mass is 79.9. The van der Waals surface area contributed by atoms with Crippen molar-refractivity contribution in [3.63, 3.8) is 0 Å². The second-order valence-electron chi connectivity index (χ2n) is 4.61.